The molecule has 20 heavy (non-hydrogen) atoms. The number of nitro groups is 1. The smallest absolute Gasteiger partial charge is 0.339 e. The number of hydrogen-bond acceptors (Lipinski definition) is 4. The van der Waals surface area contributed by atoms with E-state index in [1.54, 1.807) is 13.0 Å². The molecule has 1 heterocycles. The number of hydrogen-bond donors (Lipinski definition) is 1. The summed E-state index contributed by atoms with van der Waals surface area (Å²) in [7, 11) is 0. The van der Waals surface area contributed by atoms with E-state index in [1.807, 2.05) is 6.92 Å². The van der Waals surface area contributed by atoms with Gasteiger partial charge in [-0.05, 0) is 18.9 Å². The zero-order valence-corrected chi connectivity index (χ0v) is 11.0. The molecule has 7 nitrogen and oxygen atoms in total. The Labute approximate surface area is 114 Å². The SMILES string of the molecule is CCc1c(C(=O)O)cnn1-c1cc([N+](=O)[O-])ccc1C. The monoisotopic (exact) mass is 275 g/mol. The second-order valence-corrected chi connectivity index (χ2v) is 4.30. The van der Waals surface area contributed by atoms with Crippen LogP contribution in [0.15, 0.2) is 24.4 Å². The molecule has 2 rings (SSSR count). The summed E-state index contributed by atoms with van der Waals surface area (Å²) in [5.74, 6) is -1.06. The number of aromatic nitrogens is 2. The highest BCUT2D eigenvalue weighted by Gasteiger charge is 2.18. The lowest BCUT2D eigenvalue weighted by Crippen LogP contribution is -2.07. The van der Waals surface area contributed by atoms with Crippen LogP contribution in [0.4, 0.5) is 5.69 Å². The van der Waals surface area contributed by atoms with Crippen molar-refractivity contribution >= 4 is 11.7 Å². The fraction of sp³-hybridized carbons (Fsp3) is 0.231. The van der Waals surface area contributed by atoms with Crippen molar-refractivity contribution in [1.82, 2.24) is 9.78 Å². The standard InChI is InChI=1S/C13H13N3O4/c1-3-11-10(13(17)18)7-14-15(11)12-6-9(16(19)20)5-4-8(12)2/h4-7H,3H2,1-2H3,(H,17,18). The van der Waals surface area contributed by atoms with E-state index in [1.165, 1.54) is 23.0 Å². The molecule has 0 unspecified atom stereocenters. The molecular formula is C13H13N3O4. The third kappa shape index (κ3) is 2.25. The van der Waals surface area contributed by atoms with Gasteiger partial charge in [0.1, 0.15) is 5.56 Å². The Morgan fingerprint density at radius 1 is 1.50 bits per heavy atom. The molecule has 0 saturated carbocycles. The third-order valence-corrected chi connectivity index (χ3v) is 3.07. The Bertz CT molecular complexity index is 691. The lowest BCUT2D eigenvalue weighted by atomic mass is 10.1. The van der Waals surface area contributed by atoms with Crippen molar-refractivity contribution in [2.75, 3.05) is 0 Å². The lowest BCUT2D eigenvalue weighted by Gasteiger charge is -2.09. The number of nitro benzene ring substituents is 1. The molecule has 0 aliphatic carbocycles. The van der Waals surface area contributed by atoms with Crippen LogP contribution in [0.25, 0.3) is 5.69 Å². The van der Waals surface area contributed by atoms with Gasteiger partial charge < -0.3 is 5.11 Å². The normalized spacial score (nSPS) is 10.5. The summed E-state index contributed by atoms with van der Waals surface area (Å²) in [6.45, 7) is 3.60. The van der Waals surface area contributed by atoms with Crippen LogP contribution in [0.3, 0.4) is 0 Å². The van der Waals surface area contributed by atoms with Crippen molar-refractivity contribution in [3.63, 3.8) is 0 Å². The summed E-state index contributed by atoms with van der Waals surface area (Å²) in [5, 5.41) is 24.0. The second kappa shape index (κ2) is 5.12. The number of carboxylic acid groups (broad SMARTS) is 1. The number of aryl methyl sites for hydroxylation is 1. The van der Waals surface area contributed by atoms with Crippen LogP contribution in [0.2, 0.25) is 0 Å². The number of carbonyl (C=O) groups is 1. The van der Waals surface area contributed by atoms with Crippen LogP contribution in [-0.4, -0.2) is 25.8 Å². The highest BCUT2D eigenvalue weighted by molar-refractivity contribution is 5.88. The first-order chi connectivity index (χ1) is 9.45. The predicted octanol–water partition coefficient (Wildman–Crippen LogP) is 2.35. The van der Waals surface area contributed by atoms with E-state index in [9.17, 15) is 14.9 Å². The summed E-state index contributed by atoms with van der Waals surface area (Å²) in [6, 6.07) is 4.42. The minimum atomic E-state index is -1.06. The molecule has 1 N–H and O–H groups in total. The van der Waals surface area contributed by atoms with Crippen molar-refractivity contribution in [2.45, 2.75) is 20.3 Å². The van der Waals surface area contributed by atoms with Gasteiger partial charge in [0.2, 0.25) is 0 Å². The van der Waals surface area contributed by atoms with Crippen LogP contribution in [-0.2, 0) is 6.42 Å². The minimum absolute atomic E-state index is 0.0555. The van der Waals surface area contributed by atoms with E-state index in [2.05, 4.69) is 5.10 Å². The number of aromatic carboxylic acids is 1. The topological polar surface area (TPSA) is 98.3 Å². The second-order valence-electron chi connectivity index (χ2n) is 4.30. The van der Waals surface area contributed by atoms with Gasteiger partial charge in [-0.3, -0.25) is 10.1 Å². The molecule has 0 spiro atoms. The van der Waals surface area contributed by atoms with Gasteiger partial charge in [0, 0.05) is 12.1 Å². The fourth-order valence-electron chi connectivity index (χ4n) is 2.04. The Balaban J connectivity index is 2.65. The van der Waals surface area contributed by atoms with Crippen molar-refractivity contribution < 1.29 is 14.8 Å². The summed E-state index contributed by atoms with van der Waals surface area (Å²) >= 11 is 0. The zero-order chi connectivity index (χ0) is 14.9. The van der Waals surface area contributed by atoms with E-state index in [0.29, 0.717) is 17.8 Å². The summed E-state index contributed by atoms with van der Waals surface area (Å²) < 4.78 is 1.45. The molecule has 0 aliphatic rings. The number of nitrogens with zero attached hydrogens (tertiary/aromatic N) is 3. The van der Waals surface area contributed by atoms with E-state index in [4.69, 9.17) is 5.11 Å². The van der Waals surface area contributed by atoms with Gasteiger partial charge in [0.05, 0.1) is 22.5 Å². The molecule has 0 bridgehead atoms. The molecule has 2 aromatic rings. The van der Waals surface area contributed by atoms with Crippen molar-refractivity contribution in [3.05, 3.63) is 51.3 Å². The van der Waals surface area contributed by atoms with E-state index < -0.39 is 10.9 Å². The summed E-state index contributed by atoms with van der Waals surface area (Å²) in [5.41, 5.74) is 1.87. The summed E-state index contributed by atoms with van der Waals surface area (Å²) in [6.07, 6.45) is 1.73. The molecule has 0 radical (unpaired) electrons. The molecular weight excluding hydrogens is 262 g/mol. The molecule has 1 aromatic heterocycles. The first-order valence-electron chi connectivity index (χ1n) is 6.01. The molecule has 0 saturated heterocycles. The van der Waals surface area contributed by atoms with Crippen molar-refractivity contribution in [1.29, 1.82) is 0 Å². The Kier molecular flexibility index (Phi) is 3.51. The average Bonchev–Trinajstić information content (AvgIpc) is 2.82. The predicted molar refractivity (Wildman–Crippen MR) is 71.3 cm³/mol. The van der Waals surface area contributed by atoms with Crippen LogP contribution in [0.5, 0.6) is 0 Å². The third-order valence-electron chi connectivity index (χ3n) is 3.07. The molecule has 104 valence electrons. The van der Waals surface area contributed by atoms with Crippen molar-refractivity contribution in [3.8, 4) is 5.69 Å². The minimum Gasteiger partial charge on any atom is -0.478 e. The first kappa shape index (κ1) is 13.7. The molecule has 0 aliphatic heterocycles. The van der Waals surface area contributed by atoms with Crippen LogP contribution < -0.4 is 0 Å². The lowest BCUT2D eigenvalue weighted by molar-refractivity contribution is -0.384. The van der Waals surface area contributed by atoms with Gasteiger partial charge in [-0.2, -0.15) is 5.10 Å². The average molecular weight is 275 g/mol. The fourth-order valence-corrected chi connectivity index (χ4v) is 2.04. The highest BCUT2D eigenvalue weighted by Crippen LogP contribution is 2.23. The maximum atomic E-state index is 11.1. The number of non-ortho nitro benzene ring substituents is 1. The quantitative estimate of drug-likeness (QED) is 0.682. The van der Waals surface area contributed by atoms with Gasteiger partial charge in [0.25, 0.3) is 5.69 Å². The molecule has 0 amide bonds. The van der Waals surface area contributed by atoms with Crippen molar-refractivity contribution in [2.24, 2.45) is 0 Å². The van der Waals surface area contributed by atoms with Crippen LogP contribution in [0, 0.1) is 17.0 Å². The van der Waals surface area contributed by atoms with E-state index in [-0.39, 0.29) is 11.3 Å². The Morgan fingerprint density at radius 3 is 2.75 bits per heavy atom. The van der Waals surface area contributed by atoms with Crippen LogP contribution in [0.1, 0.15) is 28.5 Å². The van der Waals surface area contributed by atoms with Gasteiger partial charge in [-0.1, -0.05) is 13.0 Å². The van der Waals surface area contributed by atoms with Gasteiger partial charge in [-0.25, -0.2) is 9.48 Å². The maximum absolute atomic E-state index is 11.1. The first-order valence-corrected chi connectivity index (χ1v) is 6.01. The Morgan fingerprint density at radius 2 is 2.20 bits per heavy atom. The number of rotatable bonds is 4. The highest BCUT2D eigenvalue weighted by atomic mass is 16.6. The number of carboxylic acids is 1. The Hall–Kier alpha value is -2.70. The van der Waals surface area contributed by atoms with E-state index >= 15 is 0 Å². The maximum Gasteiger partial charge on any atom is 0.339 e. The molecule has 0 fully saturated rings. The zero-order valence-electron chi connectivity index (χ0n) is 11.0. The molecule has 7 heteroatoms. The summed E-state index contributed by atoms with van der Waals surface area (Å²) in [4.78, 5) is 21.5. The number of benzene rings is 1. The molecule has 1 aromatic carbocycles. The van der Waals surface area contributed by atoms with Gasteiger partial charge in [-0.15, -0.1) is 0 Å². The van der Waals surface area contributed by atoms with E-state index in [0.717, 1.165) is 5.56 Å². The molecule has 0 atom stereocenters. The van der Waals surface area contributed by atoms with Gasteiger partial charge >= 0.3 is 5.97 Å². The van der Waals surface area contributed by atoms with Gasteiger partial charge in [0.15, 0.2) is 0 Å². The largest absolute Gasteiger partial charge is 0.478 e. The van der Waals surface area contributed by atoms with Crippen LogP contribution >= 0.6 is 0 Å².